The zero-order valence-electron chi connectivity index (χ0n) is 17.3. The first-order chi connectivity index (χ1) is 15.6. The molecule has 1 unspecified atom stereocenters. The minimum Gasteiger partial charge on any atom is -0.351 e. The molecule has 6 nitrogen and oxygen atoms in total. The molecule has 1 aromatic heterocycles. The summed E-state index contributed by atoms with van der Waals surface area (Å²) in [6, 6.07) is 24.2. The predicted molar refractivity (Wildman–Crippen MR) is 126 cm³/mol. The molecule has 0 radical (unpaired) electrons. The smallest absolute Gasteiger partial charge is 0.252 e. The fourth-order valence-electron chi connectivity index (χ4n) is 3.50. The number of nitrogens with zero attached hydrogens (tertiary/aromatic N) is 1. The van der Waals surface area contributed by atoms with E-state index in [-0.39, 0.29) is 30.8 Å². The molecule has 1 atom stereocenters. The Hall–Kier alpha value is -3.64. The van der Waals surface area contributed by atoms with Gasteiger partial charge in [-0.2, -0.15) is 0 Å². The minimum atomic E-state index is -0.323. The summed E-state index contributed by atoms with van der Waals surface area (Å²) >= 11 is 6.06. The Morgan fingerprint density at radius 2 is 1.66 bits per heavy atom. The molecule has 0 saturated heterocycles. The molecular weight excluding hydrogens is 424 g/mol. The second-order valence-corrected chi connectivity index (χ2v) is 7.84. The number of rotatable bonds is 8. The largest absolute Gasteiger partial charge is 0.351 e. The maximum atomic E-state index is 12.7. The van der Waals surface area contributed by atoms with E-state index in [2.05, 4.69) is 20.6 Å². The summed E-state index contributed by atoms with van der Waals surface area (Å²) in [7, 11) is 0. The van der Waals surface area contributed by atoms with Gasteiger partial charge >= 0.3 is 0 Å². The van der Waals surface area contributed by atoms with Crippen LogP contribution in [0.2, 0.25) is 5.02 Å². The lowest BCUT2D eigenvalue weighted by molar-refractivity contribution is -0.121. The van der Waals surface area contributed by atoms with E-state index in [4.69, 9.17) is 11.6 Å². The number of H-pyrrole nitrogens is 1. The van der Waals surface area contributed by atoms with Crippen LogP contribution in [-0.4, -0.2) is 28.3 Å². The molecule has 0 aliphatic rings. The van der Waals surface area contributed by atoms with Crippen LogP contribution in [0.4, 0.5) is 0 Å². The number of amides is 2. The van der Waals surface area contributed by atoms with E-state index in [1.807, 2.05) is 54.6 Å². The lowest BCUT2D eigenvalue weighted by Gasteiger charge is -2.17. The molecule has 2 amide bonds. The van der Waals surface area contributed by atoms with Crippen molar-refractivity contribution < 1.29 is 9.59 Å². The van der Waals surface area contributed by atoms with Crippen LogP contribution in [-0.2, 0) is 11.2 Å². The summed E-state index contributed by atoms with van der Waals surface area (Å²) in [5.41, 5.74) is 3.24. The number of carbonyl (C=O) groups is 2. The van der Waals surface area contributed by atoms with Gasteiger partial charge in [0, 0.05) is 13.0 Å². The molecule has 0 fully saturated rings. The molecule has 0 aliphatic heterocycles. The van der Waals surface area contributed by atoms with Crippen LogP contribution in [0.5, 0.6) is 0 Å². The molecule has 0 aliphatic carbocycles. The average molecular weight is 447 g/mol. The van der Waals surface area contributed by atoms with E-state index in [1.165, 1.54) is 0 Å². The normalized spacial score (nSPS) is 11.8. The van der Waals surface area contributed by atoms with Crippen molar-refractivity contribution in [1.29, 1.82) is 0 Å². The van der Waals surface area contributed by atoms with E-state index in [0.717, 1.165) is 16.6 Å². The topological polar surface area (TPSA) is 86.9 Å². The van der Waals surface area contributed by atoms with Crippen LogP contribution in [0.15, 0.2) is 78.9 Å². The summed E-state index contributed by atoms with van der Waals surface area (Å²) in [6.45, 7) is 0.202. The van der Waals surface area contributed by atoms with Gasteiger partial charge in [0.25, 0.3) is 5.91 Å². The molecule has 32 heavy (non-hydrogen) atoms. The van der Waals surface area contributed by atoms with Gasteiger partial charge in [-0.15, -0.1) is 0 Å². The zero-order valence-corrected chi connectivity index (χ0v) is 18.1. The maximum Gasteiger partial charge on any atom is 0.252 e. The second-order valence-electron chi connectivity index (χ2n) is 7.43. The number of nitrogens with one attached hydrogen (secondary N) is 3. The van der Waals surface area contributed by atoms with Gasteiger partial charge < -0.3 is 15.6 Å². The number of carbonyl (C=O) groups excluding carboxylic acids is 2. The molecule has 162 valence electrons. The Bertz CT molecular complexity index is 1190. The van der Waals surface area contributed by atoms with Gasteiger partial charge in [-0.25, -0.2) is 4.98 Å². The molecule has 4 rings (SSSR count). The highest BCUT2D eigenvalue weighted by atomic mass is 35.5. The minimum absolute atomic E-state index is 0.141. The van der Waals surface area contributed by atoms with Gasteiger partial charge in [-0.05, 0) is 36.2 Å². The molecule has 0 spiro atoms. The van der Waals surface area contributed by atoms with Gasteiger partial charge in [0.1, 0.15) is 5.82 Å². The van der Waals surface area contributed by atoms with Crippen LogP contribution in [0.1, 0.15) is 34.2 Å². The summed E-state index contributed by atoms with van der Waals surface area (Å²) < 4.78 is 0. The second kappa shape index (κ2) is 10.1. The van der Waals surface area contributed by atoms with Crippen LogP contribution in [0, 0.1) is 0 Å². The van der Waals surface area contributed by atoms with E-state index in [0.29, 0.717) is 22.8 Å². The summed E-state index contributed by atoms with van der Waals surface area (Å²) in [6.07, 6.45) is 0.736. The lowest BCUT2D eigenvalue weighted by Crippen LogP contribution is -2.34. The molecule has 0 bridgehead atoms. The Morgan fingerprint density at radius 3 is 2.44 bits per heavy atom. The number of hydrogen-bond donors (Lipinski definition) is 3. The molecule has 7 heteroatoms. The fourth-order valence-corrected chi connectivity index (χ4v) is 3.72. The zero-order chi connectivity index (χ0) is 22.3. The number of aromatic amines is 1. The number of aromatic nitrogens is 2. The quantitative estimate of drug-likeness (QED) is 0.374. The Kier molecular flexibility index (Phi) is 6.82. The van der Waals surface area contributed by atoms with Gasteiger partial charge in [-0.1, -0.05) is 66.2 Å². The van der Waals surface area contributed by atoms with E-state index in [1.54, 1.807) is 24.3 Å². The summed E-state index contributed by atoms with van der Waals surface area (Å²) in [5.74, 6) is 0.218. The number of halogens is 1. The van der Waals surface area contributed by atoms with Crippen molar-refractivity contribution in [3.05, 3.63) is 101 Å². The SMILES string of the molecule is O=C(CCNC(=O)c1ccccc1Cl)NC(Cc1ccccc1)c1nc2ccccc2[nH]1. The highest BCUT2D eigenvalue weighted by Gasteiger charge is 2.19. The van der Waals surface area contributed by atoms with Crippen molar-refractivity contribution in [3.8, 4) is 0 Å². The first-order valence-electron chi connectivity index (χ1n) is 10.4. The Labute approximate surface area is 191 Å². The van der Waals surface area contributed by atoms with Gasteiger partial charge in [0.05, 0.1) is 27.7 Å². The molecule has 3 aromatic carbocycles. The van der Waals surface area contributed by atoms with Crippen LogP contribution < -0.4 is 10.6 Å². The highest BCUT2D eigenvalue weighted by Crippen LogP contribution is 2.20. The van der Waals surface area contributed by atoms with Gasteiger partial charge in [-0.3, -0.25) is 9.59 Å². The van der Waals surface area contributed by atoms with Crippen molar-refractivity contribution in [2.45, 2.75) is 18.9 Å². The maximum absolute atomic E-state index is 12.7. The molecule has 0 saturated carbocycles. The van der Waals surface area contributed by atoms with Crippen molar-refractivity contribution in [1.82, 2.24) is 20.6 Å². The third kappa shape index (κ3) is 5.34. The Morgan fingerprint density at radius 1 is 0.938 bits per heavy atom. The number of fused-ring (bicyclic) bond motifs is 1. The van der Waals surface area contributed by atoms with Gasteiger partial charge in [0.15, 0.2) is 0 Å². The van der Waals surface area contributed by atoms with Crippen LogP contribution in [0.25, 0.3) is 11.0 Å². The molecular formula is C25H23ClN4O2. The fraction of sp³-hybridized carbons (Fsp3) is 0.160. The molecule has 1 heterocycles. The van der Waals surface area contributed by atoms with E-state index < -0.39 is 0 Å². The summed E-state index contributed by atoms with van der Waals surface area (Å²) in [4.78, 5) is 33.0. The van der Waals surface area contributed by atoms with Crippen molar-refractivity contribution in [3.63, 3.8) is 0 Å². The van der Waals surface area contributed by atoms with Crippen LogP contribution in [0.3, 0.4) is 0 Å². The first-order valence-corrected chi connectivity index (χ1v) is 10.8. The number of imidazole rings is 1. The van der Waals surface area contributed by atoms with Crippen molar-refractivity contribution in [2.75, 3.05) is 6.54 Å². The monoisotopic (exact) mass is 446 g/mol. The molecule has 3 N–H and O–H groups in total. The van der Waals surface area contributed by atoms with Crippen molar-refractivity contribution >= 4 is 34.4 Å². The standard InChI is InChI=1S/C25H23ClN4O2/c26-19-11-5-4-10-18(19)25(32)27-15-14-23(31)28-22(16-17-8-2-1-3-9-17)24-29-20-12-6-7-13-21(20)30-24/h1-13,22H,14-16H2,(H,27,32)(H,28,31)(H,29,30). The van der Waals surface area contributed by atoms with Crippen LogP contribution >= 0.6 is 11.6 Å². The number of benzene rings is 3. The van der Waals surface area contributed by atoms with E-state index in [9.17, 15) is 9.59 Å². The van der Waals surface area contributed by atoms with Gasteiger partial charge in [0.2, 0.25) is 5.91 Å². The highest BCUT2D eigenvalue weighted by molar-refractivity contribution is 6.33. The third-order valence-corrected chi connectivity index (χ3v) is 5.44. The number of hydrogen-bond acceptors (Lipinski definition) is 3. The average Bonchev–Trinajstić information content (AvgIpc) is 3.24. The molecule has 4 aromatic rings. The lowest BCUT2D eigenvalue weighted by atomic mass is 10.1. The van der Waals surface area contributed by atoms with Crippen molar-refractivity contribution in [2.24, 2.45) is 0 Å². The Balaban J connectivity index is 1.41. The van der Waals surface area contributed by atoms with E-state index >= 15 is 0 Å². The third-order valence-electron chi connectivity index (χ3n) is 5.11. The first kappa shape index (κ1) is 21.6. The predicted octanol–water partition coefficient (Wildman–Crippen LogP) is 4.44. The summed E-state index contributed by atoms with van der Waals surface area (Å²) in [5, 5.41) is 6.18. The number of para-hydroxylation sites is 2.